The van der Waals surface area contributed by atoms with Crippen LogP contribution >= 0.6 is 0 Å². The molecule has 0 aliphatic heterocycles. The number of fused-ring (bicyclic) bond motifs is 1. The highest BCUT2D eigenvalue weighted by atomic mass is 16.5. The second kappa shape index (κ2) is 5.06. The zero-order valence-electron chi connectivity index (χ0n) is 11.6. The molecular formula is C16H17N3O. The van der Waals surface area contributed by atoms with Crippen molar-refractivity contribution in [2.45, 2.75) is 25.8 Å². The molecule has 2 atom stereocenters. The number of hydrogen-bond acceptors (Lipinski definition) is 4. The molecule has 0 radical (unpaired) electrons. The van der Waals surface area contributed by atoms with Gasteiger partial charge in [0.2, 0.25) is 11.7 Å². The quantitative estimate of drug-likeness (QED) is 0.790. The Morgan fingerprint density at radius 1 is 1.05 bits per heavy atom. The van der Waals surface area contributed by atoms with Gasteiger partial charge in [-0.2, -0.15) is 4.98 Å². The van der Waals surface area contributed by atoms with E-state index in [0.717, 1.165) is 10.9 Å². The van der Waals surface area contributed by atoms with Crippen molar-refractivity contribution in [2.75, 3.05) is 0 Å². The van der Waals surface area contributed by atoms with Gasteiger partial charge in [0.1, 0.15) is 0 Å². The van der Waals surface area contributed by atoms with E-state index in [1.807, 2.05) is 32.0 Å². The molecule has 0 spiro atoms. The lowest BCUT2D eigenvalue weighted by molar-refractivity contribution is 0.347. The second-order valence-electron chi connectivity index (χ2n) is 5.17. The van der Waals surface area contributed by atoms with Gasteiger partial charge in [0, 0.05) is 11.6 Å². The summed E-state index contributed by atoms with van der Waals surface area (Å²) >= 11 is 0. The SMILES string of the molecule is CC(N)C(C)c1nc(-c2ccc3ccccc3c2)no1. The summed E-state index contributed by atoms with van der Waals surface area (Å²) in [5, 5.41) is 6.42. The van der Waals surface area contributed by atoms with Gasteiger partial charge in [-0.25, -0.2) is 0 Å². The molecule has 0 saturated heterocycles. The first kappa shape index (κ1) is 12.8. The summed E-state index contributed by atoms with van der Waals surface area (Å²) < 4.78 is 5.31. The largest absolute Gasteiger partial charge is 0.339 e. The first-order valence-electron chi connectivity index (χ1n) is 6.73. The number of aromatic nitrogens is 2. The van der Waals surface area contributed by atoms with E-state index in [2.05, 4.69) is 34.4 Å². The lowest BCUT2D eigenvalue weighted by Gasteiger charge is -2.09. The van der Waals surface area contributed by atoms with Crippen molar-refractivity contribution in [1.29, 1.82) is 0 Å². The minimum Gasteiger partial charge on any atom is -0.339 e. The molecule has 2 aromatic carbocycles. The maximum atomic E-state index is 5.86. The summed E-state index contributed by atoms with van der Waals surface area (Å²) in [5.74, 6) is 1.25. The maximum Gasteiger partial charge on any atom is 0.231 e. The molecule has 0 aliphatic carbocycles. The van der Waals surface area contributed by atoms with Crippen molar-refractivity contribution < 1.29 is 4.52 Å². The van der Waals surface area contributed by atoms with Crippen LogP contribution in [0.4, 0.5) is 0 Å². The smallest absolute Gasteiger partial charge is 0.231 e. The molecule has 2 unspecified atom stereocenters. The molecular weight excluding hydrogens is 250 g/mol. The van der Waals surface area contributed by atoms with Crippen LogP contribution in [0.5, 0.6) is 0 Å². The average molecular weight is 267 g/mol. The zero-order valence-corrected chi connectivity index (χ0v) is 11.6. The van der Waals surface area contributed by atoms with Gasteiger partial charge in [-0.05, 0) is 23.8 Å². The van der Waals surface area contributed by atoms with Crippen molar-refractivity contribution in [3.05, 3.63) is 48.4 Å². The fourth-order valence-electron chi connectivity index (χ4n) is 2.09. The number of rotatable bonds is 3. The Kier molecular flexibility index (Phi) is 3.24. The summed E-state index contributed by atoms with van der Waals surface area (Å²) in [7, 11) is 0. The van der Waals surface area contributed by atoms with Crippen LogP contribution in [-0.4, -0.2) is 16.2 Å². The van der Waals surface area contributed by atoms with E-state index in [9.17, 15) is 0 Å². The van der Waals surface area contributed by atoms with Gasteiger partial charge in [-0.15, -0.1) is 0 Å². The molecule has 1 heterocycles. The van der Waals surface area contributed by atoms with E-state index in [-0.39, 0.29) is 12.0 Å². The lowest BCUT2D eigenvalue weighted by atomic mass is 10.0. The number of hydrogen-bond donors (Lipinski definition) is 1. The van der Waals surface area contributed by atoms with Crippen LogP contribution in [-0.2, 0) is 0 Å². The fraction of sp³-hybridized carbons (Fsp3) is 0.250. The molecule has 3 aromatic rings. The Hall–Kier alpha value is -2.20. The van der Waals surface area contributed by atoms with Crippen molar-refractivity contribution >= 4 is 10.8 Å². The van der Waals surface area contributed by atoms with Gasteiger partial charge in [-0.3, -0.25) is 0 Å². The molecule has 4 nitrogen and oxygen atoms in total. The van der Waals surface area contributed by atoms with Gasteiger partial charge in [0.25, 0.3) is 0 Å². The van der Waals surface area contributed by atoms with Gasteiger partial charge < -0.3 is 10.3 Å². The number of nitrogens with zero attached hydrogens (tertiary/aromatic N) is 2. The van der Waals surface area contributed by atoms with Crippen molar-refractivity contribution in [2.24, 2.45) is 5.73 Å². The molecule has 0 fully saturated rings. The van der Waals surface area contributed by atoms with E-state index in [1.54, 1.807) is 0 Å². The van der Waals surface area contributed by atoms with E-state index in [1.165, 1.54) is 5.39 Å². The second-order valence-corrected chi connectivity index (χ2v) is 5.17. The molecule has 20 heavy (non-hydrogen) atoms. The topological polar surface area (TPSA) is 64.9 Å². The van der Waals surface area contributed by atoms with Crippen molar-refractivity contribution in [3.8, 4) is 11.4 Å². The van der Waals surface area contributed by atoms with E-state index >= 15 is 0 Å². The minimum absolute atomic E-state index is 0.0140. The lowest BCUT2D eigenvalue weighted by Crippen LogP contribution is -2.22. The van der Waals surface area contributed by atoms with E-state index in [4.69, 9.17) is 10.3 Å². The first-order valence-corrected chi connectivity index (χ1v) is 6.73. The zero-order chi connectivity index (χ0) is 14.1. The van der Waals surface area contributed by atoms with E-state index < -0.39 is 0 Å². The monoisotopic (exact) mass is 267 g/mol. The molecule has 4 heteroatoms. The third kappa shape index (κ3) is 2.30. The molecule has 0 aliphatic rings. The first-order chi connectivity index (χ1) is 9.65. The molecule has 1 aromatic heterocycles. The average Bonchev–Trinajstić information content (AvgIpc) is 2.95. The van der Waals surface area contributed by atoms with Gasteiger partial charge >= 0.3 is 0 Å². The standard InChI is InChI=1S/C16H17N3O/c1-10(11(2)17)16-18-15(19-20-16)14-8-7-12-5-3-4-6-13(12)9-14/h3-11H,17H2,1-2H3. The van der Waals surface area contributed by atoms with Crippen LogP contribution in [0, 0.1) is 0 Å². The number of nitrogens with two attached hydrogens (primary N) is 1. The highest BCUT2D eigenvalue weighted by Gasteiger charge is 2.18. The minimum atomic E-state index is -0.0140. The normalized spacial score (nSPS) is 14.3. The molecule has 102 valence electrons. The summed E-state index contributed by atoms with van der Waals surface area (Å²) in [4.78, 5) is 4.45. The van der Waals surface area contributed by atoms with Crippen LogP contribution in [0.25, 0.3) is 22.2 Å². The Labute approximate surface area is 117 Å². The molecule has 3 rings (SSSR count). The summed E-state index contributed by atoms with van der Waals surface area (Å²) in [6.45, 7) is 3.92. The Morgan fingerprint density at radius 2 is 1.80 bits per heavy atom. The highest BCUT2D eigenvalue weighted by Crippen LogP contribution is 2.24. The van der Waals surface area contributed by atoms with Crippen LogP contribution < -0.4 is 5.73 Å². The van der Waals surface area contributed by atoms with Crippen molar-refractivity contribution in [3.63, 3.8) is 0 Å². The Morgan fingerprint density at radius 3 is 2.55 bits per heavy atom. The van der Waals surface area contributed by atoms with Crippen LogP contribution in [0.1, 0.15) is 25.7 Å². The van der Waals surface area contributed by atoms with Crippen LogP contribution in [0.3, 0.4) is 0 Å². The van der Waals surface area contributed by atoms with Crippen LogP contribution in [0.2, 0.25) is 0 Å². The Bertz CT molecular complexity index is 733. The van der Waals surface area contributed by atoms with Gasteiger partial charge in [0.05, 0.1) is 5.92 Å². The third-order valence-corrected chi connectivity index (χ3v) is 3.63. The summed E-state index contributed by atoms with van der Waals surface area (Å²) in [5.41, 5.74) is 6.82. The predicted molar refractivity (Wildman–Crippen MR) is 79.3 cm³/mol. The van der Waals surface area contributed by atoms with E-state index in [0.29, 0.717) is 11.7 Å². The fourth-order valence-corrected chi connectivity index (χ4v) is 2.09. The molecule has 0 saturated carbocycles. The molecule has 0 bridgehead atoms. The van der Waals surface area contributed by atoms with Crippen molar-refractivity contribution in [1.82, 2.24) is 10.1 Å². The Balaban J connectivity index is 1.99. The third-order valence-electron chi connectivity index (χ3n) is 3.63. The van der Waals surface area contributed by atoms with Gasteiger partial charge in [0.15, 0.2) is 0 Å². The molecule has 2 N–H and O–H groups in total. The van der Waals surface area contributed by atoms with Crippen LogP contribution in [0.15, 0.2) is 47.0 Å². The summed E-state index contributed by atoms with van der Waals surface area (Å²) in [6.07, 6.45) is 0. The highest BCUT2D eigenvalue weighted by molar-refractivity contribution is 5.86. The maximum absolute atomic E-state index is 5.86. The predicted octanol–water partition coefficient (Wildman–Crippen LogP) is 3.34. The summed E-state index contributed by atoms with van der Waals surface area (Å²) in [6, 6.07) is 14.3. The number of benzene rings is 2. The molecule has 0 amide bonds. The van der Waals surface area contributed by atoms with Gasteiger partial charge in [-0.1, -0.05) is 48.5 Å².